The van der Waals surface area contributed by atoms with Crippen LogP contribution in [0, 0.1) is 0 Å². The molecule has 0 aliphatic carbocycles. The standard InChI is InChI=1S/C17H19Cl2NO/c1-2-10-20-11-13-6-3-4-9-16(13)21-12-14-7-5-8-15(18)17(14)19/h3-9,20H,2,10-12H2,1H3. The minimum absolute atomic E-state index is 0.407. The van der Waals surface area contributed by atoms with E-state index in [2.05, 4.69) is 18.3 Å². The van der Waals surface area contributed by atoms with E-state index in [0.29, 0.717) is 16.7 Å². The summed E-state index contributed by atoms with van der Waals surface area (Å²) in [6.07, 6.45) is 1.11. The summed E-state index contributed by atoms with van der Waals surface area (Å²) in [6, 6.07) is 13.6. The summed E-state index contributed by atoms with van der Waals surface area (Å²) >= 11 is 12.2. The van der Waals surface area contributed by atoms with Gasteiger partial charge in [0.1, 0.15) is 12.4 Å². The van der Waals surface area contributed by atoms with E-state index in [9.17, 15) is 0 Å². The lowest BCUT2D eigenvalue weighted by molar-refractivity contribution is 0.302. The Morgan fingerprint density at radius 2 is 1.76 bits per heavy atom. The van der Waals surface area contributed by atoms with Crippen LogP contribution in [0.2, 0.25) is 10.0 Å². The van der Waals surface area contributed by atoms with Gasteiger partial charge in [0.2, 0.25) is 0 Å². The quantitative estimate of drug-likeness (QED) is 0.718. The molecular weight excluding hydrogens is 305 g/mol. The fraction of sp³-hybridized carbons (Fsp3) is 0.294. The van der Waals surface area contributed by atoms with Crippen molar-refractivity contribution >= 4 is 23.2 Å². The van der Waals surface area contributed by atoms with E-state index in [-0.39, 0.29) is 0 Å². The second-order valence-electron chi connectivity index (χ2n) is 4.79. The highest BCUT2D eigenvalue weighted by atomic mass is 35.5. The van der Waals surface area contributed by atoms with E-state index in [1.165, 1.54) is 0 Å². The molecule has 0 atom stereocenters. The van der Waals surface area contributed by atoms with Crippen LogP contribution in [0.4, 0.5) is 0 Å². The van der Waals surface area contributed by atoms with E-state index >= 15 is 0 Å². The monoisotopic (exact) mass is 323 g/mol. The lowest BCUT2D eigenvalue weighted by Gasteiger charge is -2.13. The molecule has 1 N–H and O–H groups in total. The van der Waals surface area contributed by atoms with Gasteiger partial charge in [0.05, 0.1) is 10.0 Å². The van der Waals surface area contributed by atoms with Crippen LogP contribution >= 0.6 is 23.2 Å². The SMILES string of the molecule is CCCNCc1ccccc1OCc1cccc(Cl)c1Cl. The van der Waals surface area contributed by atoms with Gasteiger partial charge in [-0.1, -0.05) is 60.5 Å². The molecule has 0 bridgehead atoms. The van der Waals surface area contributed by atoms with Crippen LogP contribution in [0.25, 0.3) is 0 Å². The topological polar surface area (TPSA) is 21.3 Å². The van der Waals surface area contributed by atoms with Gasteiger partial charge in [-0.15, -0.1) is 0 Å². The Labute approximate surface area is 136 Å². The van der Waals surface area contributed by atoms with Gasteiger partial charge in [0.25, 0.3) is 0 Å². The highest BCUT2D eigenvalue weighted by molar-refractivity contribution is 6.42. The molecule has 21 heavy (non-hydrogen) atoms. The van der Waals surface area contributed by atoms with Crippen LogP contribution in [0.1, 0.15) is 24.5 Å². The van der Waals surface area contributed by atoms with Crippen molar-refractivity contribution in [2.45, 2.75) is 26.5 Å². The van der Waals surface area contributed by atoms with Crippen molar-refractivity contribution in [3.8, 4) is 5.75 Å². The predicted molar refractivity (Wildman–Crippen MR) is 89.2 cm³/mol. The molecule has 0 unspecified atom stereocenters. The molecule has 2 rings (SSSR count). The molecule has 0 saturated carbocycles. The van der Waals surface area contributed by atoms with Gasteiger partial charge in [-0.25, -0.2) is 0 Å². The van der Waals surface area contributed by atoms with E-state index in [1.54, 1.807) is 6.07 Å². The average Bonchev–Trinajstić information content (AvgIpc) is 2.50. The molecule has 0 aromatic heterocycles. The van der Waals surface area contributed by atoms with Gasteiger partial charge < -0.3 is 10.1 Å². The molecule has 0 amide bonds. The van der Waals surface area contributed by atoms with Gasteiger partial charge in [-0.05, 0) is 25.1 Å². The summed E-state index contributed by atoms with van der Waals surface area (Å²) in [4.78, 5) is 0. The summed E-state index contributed by atoms with van der Waals surface area (Å²) in [7, 11) is 0. The smallest absolute Gasteiger partial charge is 0.124 e. The lowest BCUT2D eigenvalue weighted by Crippen LogP contribution is -2.14. The number of halogens is 2. The van der Waals surface area contributed by atoms with E-state index in [4.69, 9.17) is 27.9 Å². The van der Waals surface area contributed by atoms with Crippen LogP contribution in [0.5, 0.6) is 5.75 Å². The summed E-state index contributed by atoms with van der Waals surface area (Å²) < 4.78 is 5.91. The first-order chi connectivity index (χ1) is 10.2. The van der Waals surface area contributed by atoms with Gasteiger partial charge in [0.15, 0.2) is 0 Å². The molecule has 0 aliphatic heterocycles. The first-order valence-electron chi connectivity index (χ1n) is 7.06. The molecular formula is C17H19Cl2NO. The van der Waals surface area contributed by atoms with Gasteiger partial charge >= 0.3 is 0 Å². The van der Waals surface area contributed by atoms with Crippen molar-refractivity contribution in [3.05, 3.63) is 63.6 Å². The minimum Gasteiger partial charge on any atom is -0.489 e. The molecule has 2 nitrogen and oxygen atoms in total. The fourth-order valence-corrected chi connectivity index (χ4v) is 2.38. The third kappa shape index (κ3) is 4.63. The Hall–Kier alpha value is -1.22. The Bertz CT molecular complexity index is 587. The number of hydrogen-bond donors (Lipinski definition) is 1. The Morgan fingerprint density at radius 1 is 1.00 bits per heavy atom. The fourth-order valence-electron chi connectivity index (χ4n) is 2.01. The maximum Gasteiger partial charge on any atom is 0.124 e. The van der Waals surface area contributed by atoms with Crippen molar-refractivity contribution in [1.82, 2.24) is 5.32 Å². The number of ether oxygens (including phenoxy) is 1. The van der Waals surface area contributed by atoms with E-state index in [1.807, 2.05) is 30.3 Å². The third-order valence-corrected chi connectivity index (χ3v) is 3.99. The minimum atomic E-state index is 0.407. The second-order valence-corrected chi connectivity index (χ2v) is 5.57. The van der Waals surface area contributed by atoms with Gasteiger partial charge in [-0.2, -0.15) is 0 Å². The Balaban J connectivity index is 2.04. The van der Waals surface area contributed by atoms with Crippen molar-refractivity contribution in [2.75, 3.05) is 6.54 Å². The van der Waals surface area contributed by atoms with Crippen LogP contribution in [0.15, 0.2) is 42.5 Å². The number of hydrogen-bond acceptors (Lipinski definition) is 2. The van der Waals surface area contributed by atoms with Crippen LogP contribution < -0.4 is 10.1 Å². The Kier molecular flexibility index (Phi) is 6.37. The normalized spacial score (nSPS) is 10.6. The first-order valence-corrected chi connectivity index (χ1v) is 7.82. The highest BCUT2D eigenvalue weighted by Gasteiger charge is 2.07. The summed E-state index contributed by atoms with van der Waals surface area (Å²) in [5.41, 5.74) is 2.03. The maximum atomic E-state index is 6.18. The summed E-state index contributed by atoms with van der Waals surface area (Å²) in [6.45, 7) is 4.35. The number of para-hydroxylation sites is 1. The highest BCUT2D eigenvalue weighted by Crippen LogP contribution is 2.27. The van der Waals surface area contributed by atoms with Crippen molar-refractivity contribution in [3.63, 3.8) is 0 Å². The number of nitrogens with one attached hydrogen (secondary N) is 1. The summed E-state index contributed by atoms with van der Waals surface area (Å²) in [5, 5.41) is 4.49. The zero-order valence-corrected chi connectivity index (χ0v) is 13.5. The zero-order chi connectivity index (χ0) is 15.1. The number of rotatable bonds is 7. The predicted octanol–water partition coefficient (Wildman–Crippen LogP) is 5.07. The molecule has 2 aromatic carbocycles. The Morgan fingerprint density at radius 3 is 2.57 bits per heavy atom. The van der Waals surface area contributed by atoms with Crippen LogP contribution in [-0.2, 0) is 13.2 Å². The van der Waals surface area contributed by atoms with Gasteiger partial charge in [-0.3, -0.25) is 0 Å². The summed E-state index contributed by atoms with van der Waals surface area (Å²) in [5.74, 6) is 0.872. The van der Waals surface area contributed by atoms with E-state index in [0.717, 1.165) is 36.4 Å². The van der Waals surface area contributed by atoms with E-state index < -0.39 is 0 Å². The maximum absolute atomic E-state index is 6.18. The third-order valence-electron chi connectivity index (χ3n) is 3.13. The molecule has 0 saturated heterocycles. The molecule has 0 spiro atoms. The van der Waals surface area contributed by atoms with Crippen molar-refractivity contribution in [1.29, 1.82) is 0 Å². The van der Waals surface area contributed by atoms with Crippen molar-refractivity contribution < 1.29 is 4.74 Å². The molecule has 0 aliphatic rings. The molecule has 0 radical (unpaired) electrons. The molecule has 112 valence electrons. The first kappa shape index (κ1) is 16.2. The van der Waals surface area contributed by atoms with Crippen LogP contribution in [-0.4, -0.2) is 6.54 Å². The average molecular weight is 324 g/mol. The number of benzene rings is 2. The molecule has 2 aromatic rings. The van der Waals surface area contributed by atoms with Crippen LogP contribution in [0.3, 0.4) is 0 Å². The molecule has 4 heteroatoms. The van der Waals surface area contributed by atoms with Gasteiger partial charge in [0, 0.05) is 17.7 Å². The second kappa shape index (κ2) is 8.28. The molecule has 0 heterocycles. The zero-order valence-electron chi connectivity index (χ0n) is 12.0. The molecule has 0 fully saturated rings. The van der Waals surface area contributed by atoms with Crippen molar-refractivity contribution in [2.24, 2.45) is 0 Å². The largest absolute Gasteiger partial charge is 0.489 e. The lowest BCUT2D eigenvalue weighted by atomic mass is 10.2.